The van der Waals surface area contributed by atoms with E-state index in [1.165, 1.54) is 0 Å². The molecule has 0 unspecified atom stereocenters. The van der Waals surface area contributed by atoms with Gasteiger partial charge in [0.2, 0.25) is 0 Å². The molecule has 1 fully saturated rings. The van der Waals surface area contributed by atoms with Gasteiger partial charge in [-0.1, -0.05) is 0 Å². The molecule has 1 aliphatic heterocycles. The van der Waals surface area contributed by atoms with Crippen LogP contribution in [0, 0.1) is 22.7 Å². The molecule has 104 valence electrons. The van der Waals surface area contributed by atoms with Crippen molar-refractivity contribution in [2.45, 2.75) is 0 Å². The minimum Gasteiger partial charge on any atom is -0.378 e. The predicted octanol–water partition coefficient (Wildman–Crippen LogP) is 1.45. The van der Waals surface area contributed by atoms with Gasteiger partial charge in [-0.3, -0.25) is 0 Å². The van der Waals surface area contributed by atoms with Crippen LogP contribution in [-0.2, 0) is 4.74 Å². The zero-order chi connectivity index (χ0) is 14.7. The summed E-state index contributed by atoms with van der Waals surface area (Å²) >= 11 is 0. The lowest BCUT2D eigenvalue weighted by atomic mass is 10.1. The van der Waals surface area contributed by atoms with Crippen LogP contribution in [0.15, 0.2) is 30.6 Å². The van der Waals surface area contributed by atoms with Crippen molar-refractivity contribution in [1.82, 2.24) is 9.55 Å². The second-order valence-corrected chi connectivity index (χ2v) is 4.64. The lowest BCUT2D eigenvalue weighted by Gasteiger charge is -2.28. The Morgan fingerprint density at radius 2 is 1.62 bits per heavy atom. The molecule has 0 N–H and O–H groups in total. The average Bonchev–Trinajstić information content (AvgIpc) is 3.08. The molecule has 0 spiro atoms. The molecule has 6 nitrogen and oxygen atoms in total. The molecule has 0 saturated carbocycles. The molecular weight excluding hydrogens is 266 g/mol. The number of hydrogen-bond acceptors (Lipinski definition) is 5. The van der Waals surface area contributed by atoms with E-state index in [0.29, 0.717) is 49.1 Å². The van der Waals surface area contributed by atoms with Crippen molar-refractivity contribution in [3.8, 4) is 18.0 Å². The number of rotatable bonds is 2. The molecular formula is C15H13N5O. The Bertz CT molecular complexity index is 718. The Hall–Kier alpha value is -2.83. The van der Waals surface area contributed by atoms with E-state index in [1.54, 1.807) is 10.6 Å². The van der Waals surface area contributed by atoms with Gasteiger partial charge in [0.25, 0.3) is 0 Å². The van der Waals surface area contributed by atoms with E-state index < -0.39 is 0 Å². The summed E-state index contributed by atoms with van der Waals surface area (Å²) in [5, 5.41) is 18.6. The average molecular weight is 279 g/mol. The molecule has 0 aliphatic carbocycles. The first kappa shape index (κ1) is 13.2. The van der Waals surface area contributed by atoms with Crippen LogP contribution < -0.4 is 4.90 Å². The molecule has 2 aromatic rings. The van der Waals surface area contributed by atoms with Crippen LogP contribution in [0.4, 0.5) is 5.82 Å². The fourth-order valence-corrected chi connectivity index (χ4v) is 2.35. The van der Waals surface area contributed by atoms with E-state index in [1.807, 2.05) is 29.4 Å². The lowest BCUT2D eigenvalue weighted by Crippen LogP contribution is -2.37. The van der Waals surface area contributed by atoms with Crippen LogP contribution >= 0.6 is 0 Å². The fourth-order valence-electron chi connectivity index (χ4n) is 2.35. The van der Waals surface area contributed by atoms with Gasteiger partial charge in [0.1, 0.15) is 18.0 Å². The monoisotopic (exact) mass is 279 g/mol. The molecule has 0 radical (unpaired) electrons. The Balaban J connectivity index is 2.13. The molecule has 0 amide bonds. The summed E-state index contributed by atoms with van der Waals surface area (Å²) in [5.74, 6) is 1.16. The molecule has 0 aromatic carbocycles. The van der Waals surface area contributed by atoms with Crippen molar-refractivity contribution in [1.29, 1.82) is 10.5 Å². The fraction of sp³-hybridized carbons (Fsp3) is 0.267. The van der Waals surface area contributed by atoms with E-state index in [0.717, 1.165) is 0 Å². The molecule has 21 heavy (non-hydrogen) atoms. The van der Waals surface area contributed by atoms with Crippen LogP contribution in [0.1, 0.15) is 11.1 Å². The number of pyridine rings is 1. The van der Waals surface area contributed by atoms with Gasteiger partial charge < -0.3 is 14.2 Å². The predicted molar refractivity (Wildman–Crippen MR) is 76.0 cm³/mol. The highest BCUT2D eigenvalue weighted by Crippen LogP contribution is 2.24. The first-order valence-electron chi connectivity index (χ1n) is 6.65. The highest BCUT2D eigenvalue weighted by molar-refractivity contribution is 5.61. The second kappa shape index (κ2) is 5.66. The summed E-state index contributed by atoms with van der Waals surface area (Å²) in [5.41, 5.74) is 0.809. The third-order valence-corrected chi connectivity index (χ3v) is 3.38. The van der Waals surface area contributed by atoms with Gasteiger partial charge in [0, 0.05) is 25.5 Å². The van der Waals surface area contributed by atoms with Gasteiger partial charge in [-0.2, -0.15) is 10.5 Å². The van der Waals surface area contributed by atoms with E-state index in [9.17, 15) is 10.5 Å². The van der Waals surface area contributed by atoms with Gasteiger partial charge >= 0.3 is 0 Å². The van der Waals surface area contributed by atoms with Crippen LogP contribution in [0.5, 0.6) is 0 Å². The summed E-state index contributed by atoms with van der Waals surface area (Å²) in [6.07, 6.45) is 3.66. The lowest BCUT2D eigenvalue weighted by molar-refractivity contribution is 0.122. The van der Waals surface area contributed by atoms with Crippen molar-refractivity contribution in [3.05, 3.63) is 41.7 Å². The van der Waals surface area contributed by atoms with Crippen molar-refractivity contribution >= 4 is 5.82 Å². The molecule has 0 atom stereocenters. The maximum Gasteiger partial charge on any atom is 0.157 e. The standard InChI is InChI=1S/C15H13N5O/c16-10-12-9-13(11-17)15(20-5-7-21-8-6-20)18-14(12)19-3-1-2-4-19/h1-4,9H,5-8H2. The molecule has 1 aliphatic rings. The Morgan fingerprint density at radius 3 is 2.24 bits per heavy atom. The third-order valence-electron chi connectivity index (χ3n) is 3.38. The zero-order valence-electron chi connectivity index (χ0n) is 11.4. The molecule has 2 aromatic heterocycles. The molecule has 3 rings (SSSR count). The van der Waals surface area contributed by atoms with Crippen molar-refractivity contribution in [2.75, 3.05) is 31.2 Å². The van der Waals surface area contributed by atoms with E-state index in [4.69, 9.17) is 4.74 Å². The highest BCUT2D eigenvalue weighted by Gasteiger charge is 2.19. The normalized spacial score (nSPS) is 14.5. The van der Waals surface area contributed by atoms with Crippen molar-refractivity contribution in [3.63, 3.8) is 0 Å². The number of ether oxygens (including phenoxy) is 1. The van der Waals surface area contributed by atoms with Crippen molar-refractivity contribution < 1.29 is 4.74 Å². The Kier molecular flexibility index (Phi) is 3.55. The SMILES string of the molecule is N#Cc1cc(C#N)c(-n2cccc2)nc1N1CCOCC1. The van der Waals surface area contributed by atoms with Gasteiger partial charge in [0.15, 0.2) is 5.82 Å². The Morgan fingerprint density at radius 1 is 1.00 bits per heavy atom. The van der Waals surface area contributed by atoms with Crippen LogP contribution in [0.2, 0.25) is 0 Å². The largest absolute Gasteiger partial charge is 0.378 e. The third kappa shape index (κ3) is 2.45. The summed E-state index contributed by atoms with van der Waals surface area (Å²) < 4.78 is 7.11. The first-order chi connectivity index (χ1) is 10.3. The number of anilines is 1. The minimum absolute atomic E-state index is 0.389. The van der Waals surface area contributed by atoms with Gasteiger partial charge in [0.05, 0.1) is 24.3 Å². The molecule has 6 heteroatoms. The maximum atomic E-state index is 9.33. The van der Waals surface area contributed by atoms with Gasteiger partial charge in [-0.15, -0.1) is 0 Å². The first-order valence-corrected chi connectivity index (χ1v) is 6.65. The van der Waals surface area contributed by atoms with Crippen LogP contribution in [0.25, 0.3) is 5.82 Å². The number of nitriles is 2. The number of nitrogens with zero attached hydrogens (tertiary/aromatic N) is 5. The summed E-state index contributed by atoms with van der Waals surface area (Å²) in [6, 6.07) is 9.59. The van der Waals surface area contributed by atoms with Gasteiger partial charge in [-0.25, -0.2) is 4.98 Å². The minimum atomic E-state index is 0.389. The number of aromatic nitrogens is 2. The second-order valence-electron chi connectivity index (χ2n) is 4.64. The van der Waals surface area contributed by atoms with E-state index >= 15 is 0 Å². The topological polar surface area (TPSA) is 77.9 Å². The molecule has 0 bridgehead atoms. The quantitative estimate of drug-likeness (QED) is 0.831. The zero-order valence-corrected chi connectivity index (χ0v) is 11.4. The van der Waals surface area contributed by atoms with Crippen LogP contribution in [0.3, 0.4) is 0 Å². The Labute approximate surface area is 122 Å². The van der Waals surface area contributed by atoms with Crippen molar-refractivity contribution in [2.24, 2.45) is 0 Å². The number of hydrogen-bond donors (Lipinski definition) is 0. The maximum absolute atomic E-state index is 9.33. The van der Waals surface area contributed by atoms with Gasteiger partial charge in [-0.05, 0) is 18.2 Å². The summed E-state index contributed by atoms with van der Waals surface area (Å²) in [6.45, 7) is 2.62. The van der Waals surface area contributed by atoms with E-state index in [-0.39, 0.29) is 0 Å². The molecule has 1 saturated heterocycles. The van der Waals surface area contributed by atoms with Crippen LogP contribution in [-0.4, -0.2) is 35.9 Å². The summed E-state index contributed by atoms with van der Waals surface area (Å²) in [7, 11) is 0. The van der Waals surface area contributed by atoms with E-state index in [2.05, 4.69) is 17.1 Å². The number of morpholine rings is 1. The summed E-state index contributed by atoms with van der Waals surface area (Å²) in [4.78, 5) is 6.59. The smallest absolute Gasteiger partial charge is 0.157 e. The highest BCUT2D eigenvalue weighted by atomic mass is 16.5. The molecule has 3 heterocycles.